The van der Waals surface area contributed by atoms with Gasteiger partial charge >= 0.3 is 11.9 Å². The van der Waals surface area contributed by atoms with E-state index in [9.17, 15) is 14.4 Å². The molecule has 3 rings (SSSR count). The molecule has 1 aliphatic heterocycles. The summed E-state index contributed by atoms with van der Waals surface area (Å²) >= 11 is 0. The summed E-state index contributed by atoms with van der Waals surface area (Å²) in [6, 6.07) is 1.55. The Morgan fingerprint density at radius 1 is 1.06 bits per heavy atom. The molecule has 170 valence electrons. The number of fused-ring (bicyclic) bond motifs is 2. The van der Waals surface area contributed by atoms with Gasteiger partial charge in [-0.3, -0.25) is 4.79 Å². The first-order valence-electron chi connectivity index (χ1n) is 9.80. The molecule has 0 saturated carbocycles. The van der Waals surface area contributed by atoms with Crippen LogP contribution in [0.4, 0.5) is 0 Å². The zero-order valence-corrected chi connectivity index (χ0v) is 18.7. The molecule has 0 radical (unpaired) electrons. The molecule has 32 heavy (non-hydrogen) atoms. The van der Waals surface area contributed by atoms with E-state index in [1.54, 1.807) is 26.8 Å². The highest BCUT2D eigenvalue weighted by atomic mass is 16.6. The third-order valence-electron chi connectivity index (χ3n) is 5.16. The Balaban J connectivity index is 2.42. The Kier molecular flexibility index (Phi) is 6.69. The van der Waals surface area contributed by atoms with Gasteiger partial charge in [-0.05, 0) is 32.4 Å². The predicted molar refractivity (Wildman–Crippen MR) is 113 cm³/mol. The van der Waals surface area contributed by atoms with Crippen LogP contribution >= 0.6 is 0 Å². The first-order valence-corrected chi connectivity index (χ1v) is 9.80. The van der Waals surface area contributed by atoms with Crippen molar-refractivity contribution >= 4 is 18.2 Å². The Morgan fingerprint density at radius 3 is 2.34 bits per heavy atom. The molecular formula is C23H24O9. The molecule has 0 unspecified atom stereocenters. The number of carbonyl (C=O) groups is 3. The molecule has 1 aliphatic rings. The number of hydrogen-bond donors (Lipinski definition) is 0. The summed E-state index contributed by atoms with van der Waals surface area (Å²) in [5, 5.41) is 0. The lowest BCUT2D eigenvalue weighted by Gasteiger charge is -2.21. The smallest absolute Gasteiger partial charge is 0.347 e. The summed E-state index contributed by atoms with van der Waals surface area (Å²) in [5.74, 6) is -0.924. The van der Waals surface area contributed by atoms with E-state index < -0.39 is 11.9 Å². The van der Waals surface area contributed by atoms with E-state index in [-0.39, 0.29) is 52.0 Å². The number of benzene rings is 2. The highest BCUT2D eigenvalue weighted by Crippen LogP contribution is 2.50. The van der Waals surface area contributed by atoms with Crippen LogP contribution in [-0.4, -0.2) is 46.2 Å². The fraction of sp³-hybridized carbons (Fsp3) is 0.348. The number of hydrogen-bond acceptors (Lipinski definition) is 9. The van der Waals surface area contributed by atoms with Gasteiger partial charge in [0.1, 0.15) is 22.6 Å². The number of rotatable bonds is 7. The second-order valence-corrected chi connectivity index (χ2v) is 6.92. The molecule has 0 amide bonds. The van der Waals surface area contributed by atoms with Gasteiger partial charge in [0, 0.05) is 12.2 Å². The number of ether oxygens (including phenoxy) is 6. The maximum Gasteiger partial charge on any atom is 0.347 e. The zero-order valence-electron chi connectivity index (χ0n) is 18.7. The fourth-order valence-corrected chi connectivity index (χ4v) is 3.64. The van der Waals surface area contributed by atoms with E-state index in [1.807, 2.05) is 0 Å². The van der Waals surface area contributed by atoms with Crippen molar-refractivity contribution in [2.24, 2.45) is 0 Å². The molecule has 9 nitrogen and oxygen atoms in total. The lowest BCUT2D eigenvalue weighted by molar-refractivity contribution is 0.0594. The maximum absolute atomic E-state index is 13.1. The van der Waals surface area contributed by atoms with Crippen LogP contribution in [-0.2, 0) is 16.1 Å². The number of aryl methyl sites for hydroxylation is 1. The quantitative estimate of drug-likeness (QED) is 0.358. The fourth-order valence-electron chi connectivity index (χ4n) is 3.64. The van der Waals surface area contributed by atoms with Crippen molar-refractivity contribution in [2.45, 2.75) is 27.4 Å². The first kappa shape index (κ1) is 23.1. The largest absolute Gasteiger partial charge is 0.496 e. The molecule has 0 aromatic heterocycles. The van der Waals surface area contributed by atoms with Crippen LogP contribution in [0, 0.1) is 13.8 Å². The van der Waals surface area contributed by atoms with Gasteiger partial charge in [0.05, 0.1) is 39.1 Å². The van der Waals surface area contributed by atoms with Crippen molar-refractivity contribution in [3.8, 4) is 28.7 Å². The van der Waals surface area contributed by atoms with Crippen molar-refractivity contribution < 1.29 is 42.8 Å². The second kappa shape index (κ2) is 9.27. The Labute approximate surface area is 185 Å². The van der Waals surface area contributed by atoms with Crippen molar-refractivity contribution in [2.75, 3.05) is 27.9 Å². The highest BCUT2D eigenvalue weighted by molar-refractivity contribution is 6.03. The van der Waals surface area contributed by atoms with Crippen LogP contribution in [0.3, 0.4) is 0 Å². The standard InChI is InChI=1S/C23H24O9/c1-7-30-10-14-19(28-5)17(22(25)29-6)12(3)18-21(14)32-23(26)16-11(2)8-15(27-4)13(9-24)20(16)31-18/h8-9H,7,10H2,1-6H3. The molecule has 2 aromatic carbocycles. The van der Waals surface area contributed by atoms with Gasteiger partial charge in [-0.2, -0.15) is 0 Å². The summed E-state index contributed by atoms with van der Waals surface area (Å²) in [7, 11) is 4.03. The van der Waals surface area contributed by atoms with E-state index in [2.05, 4.69) is 0 Å². The van der Waals surface area contributed by atoms with Crippen LogP contribution in [0.5, 0.6) is 28.7 Å². The van der Waals surface area contributed by atoms with Crippen LogP contribution in [0.15, 0.2) is 6.07 Å². The molecule has 0 bridgehead atoms. The van der Waals surface area contributed by atoms with Crippen LogP contribution in [0.1, 0.15) is 54.7 Å². The first-order chi connectivity index (χ1) is 15.3. The molecule has 2 aromatic rings. The van der Waals surface area contributed by atoms with Crippen molar-refractivity contribution in [1.82, 2.24) is 0 Å². The minimum atomic E-state index is -0.730. The Bertz CT molecular complexity index is 1100. The minimum absolute atomic E-state index is 0.0213. The lowest BCUT2D eigenvalue weighted by atomic mass is 10.00. The number of carbonyl (C=O) groups excluding carboxylic acids is 3. The van der Waals surface area contributed by atoms with Gasteiger partial charge in [0.2, 0.25) is 0 Å². The zero-order chi connectivity index (χ0) is 23.6. The molecule has 9 heteroatoms. The molecule has 0 saturated heterocycles. The molecule has 0 fully saturated rings. The van der Waals surface area contributed by atoms with Gasteiger partial charge in [0.25, 0.3) is 0 Å². The highest BCUT2D eigenvalue weighted by Gasteiger charge is 2.36. The van der Waals surface area contributed by atoms with Crippen LogP contribution in [0.25, 0.3) is 0 Å². The number of methoxy groups -OCH3 is 3. The van der Waals surface area contributed by atoms with Gasteiger partial charge in [0.15, 0.2) is 23.5 Å². The van der Waals surface area contributed by atoms with E-state index in [1.165, 1.54) is 21.3 Å². The maximum atomic E-state index is 13.1. The van der Waals surface area contributed by atoms with E-state index in [0.717, 1.165) is 0 Å². The van der Waals surface area contributed by atoms with Crippen molar-refractivity contribution in [3.05, 3.63) is 39.4 Å². The van der Waals surface area contributed by atoms with Gasteiger partial charge in [-0.15, -0.1) is 0 Å². The van der Waals surface area contributed by atoms with E-state index in [4.69, 9.17) is 28.4 Å². The normalized spacial score (nSPS) is 12.0. The van der Waals surface area contributed by atoms with Crippen molar-refractivity contribution in [3.63, 3.8) is 0 Å². The average molecular weight is 444 g/mol. The summed E-state index contributed by atoms with van der Waals surface area (Å²) in [5.41, 5.74) is 1.30. The summed E-state index contributed by atoms with van der Waals surface area (Å²) < 4.78 is 33.1. The summed E-state index contributed by atoms with van der Waals surface area (Å²) in [6.45, 7) is 5.41. The molecule has 0 N–H and O–H groups in total. The SMILES string of the molecule is CCOCc1c2c(c(C)c(C(=O)OC)c1OC)Oc1c(C=O)c(OC)cc(C)c1C(=O)O2. The molecule has 0 spiro atoms. The molecule has 1 heterocycles. The average Bonchev–Trinajstić information content (AvgIpc) is 2.94. The molecular weight excluding hydrogens is 420 g/mol. The van der Waals surface area contributed by atoms with E-state index in [0.29, 0.717) is 29.6 Å². The van der Waals surface area contributed by atoms with Crippen molar-refractivity contribution in [1.29, 1.82) is 0 Å². The Morgan fingerprint density at radius 2 is 1.78 bits per heavy atom. The number of aldehydes is 1. The minimum Gasteiger partial charge on any atom is -0.496 e. The lowest BCUT2D eigenvalue weighted by Crippen LogP contribution is -2.14. The van der Waals surface area contributed by atoms with Crippen LogP contribution in [0.2, 0.25) is 0 Å². The van der Waals surface area contributed by atoms with Gasteiger partial charge in [-0.25, -0.2) is 9.59 Å². The number of esters is 2. The van der Waals surface area contributed by atoms with E-state index >= 15 is 0 Å². The molecule has 0 atom stereocenters. The summed E-state index contributed by atoms with van der Waals surface area (Å²) in [4.78, 5) is 37.6. The third kappa shape index (κ3) is 3.64. The monoisotopic (exact) mass is 444 g/mol. The second-order valence-electron chi connectivity index (χ2n) is 6.92. The Hall–Kier alpha value is -3.59. The van der Waals surface area contributed by atoms with Gasteiger partial charge < -0.3 is 28.4 Å². The topological polar surface area (TPSA) is 107 Å². The predicted octanol–water partition coefficient (Wildman–Crippen LogP) is 3.78. The molecule has 0 aliphatic carbocycles. The summed E-state index contributed by atoms with van der Waals surface area (Å²) in [6.07, 6.45) is 0.538. The van der Waals surface area contributed by atoms with Gasteiger partial charge in [-0.1, -0.05) is 0 Å². The van der Waals surface area contributed by atoms with Crippen LogP contribution < -0.4 is 18.9 Å². The third-order valence-corrected chi connectivity index (χ3v) is 5.16.